The lowest BCUT2D eigenvalue weighted by Gasteiger charge is -2.05. The predicted octanol–water partition coefficient (Wildman–Crippen LogP) is -1.02. The van der Waals surface area contributed by atoms with Gasteiger partial charge in [-0.15, -0.1) is 0 Å². The molecule has 0 aromatic rings. The summed E-state index contributed by atoms with van der Waals surface area (Å²) in [6, 6.07) is -0.792. The van der Waals surface area contributed by atoms with E-state index in [1.165, 1.54) is 0 Å². The second kappa shape index (κ2) is 8.74. The van der Waals surface area contributed by atoms with E-state index in [-0.39, 0.29) is 18.9 Å². The van der Waals surface area contributed by atoms with Gasteiger partial charge in [0.1, 0.15) is 0 Å². The molecule has 0 unspecified atom stereocenters. The van der Waals surface area contributed by atoms with Crippen molar-refractivity contribution in [1.82, 2.24) is 16.0 Å². The van der Waals surface area contributed by atoms with Gasteiger partial charge < -0.3 is 15.7 Å². The van der Waals surface area contributed by atoms with Crippen LogP contribution in [0.4, 0.5) is 4.79 Å². The van der Waals surface area contributed by atoms with Gasteiger partial charge in [-0.2, -0.15) is 0 Å². The summed E-state index contributed by atoms with van der Waals surface area (Å²) in [4.78, 5) is 43.1. The van der Waals surface area contributed by atoms with Crippen molar-refractivity contribution < 1.29 is 24.3 Å². The lowest BCUT2D eigenvalue weighted by molar-refractivity contribution is -0.131. The predicted molar refractivity (Wildman–Crippen MR) is 61.6 cm³/mol. The zero-order valence-corrected chi connectivity index (χ0v) is 9.86. The number of carboxylic acid groups (broad SMARTS) is 1. The Bertz CT molecular complexity index is 365. The first kappa shape index (κ1) is 15.6. The van der Waals surface area contributed by atoms with Gasteiger partial charge in [0.15, 0.2) is 0 Å². The number of hydrogen-bond donors (Lipinski definition) is 4. The first-order valence-corrected chi connectivity index (χ1v) is 5.22. The zero-order valence-electron chi connectivity index (χ0n) is 9.86. The normalized spacial score (nSPS) is 9.83. The van der Waals surface area contributed by atoms with E-state index in [2.05, 4.69) is 10.6 Å². The number of aliphatic carboxylic acids is 1. The Hall–Kier alpha value is -2.38. The molecule has 0 saturated carbocycles. The molecule has 0 fully saturated rings. The summed E-state index contributed by atoms with van der Waals surface area (Å²) in [6.07, 6.45) is 1.42. The molecule has 8 nitrogen and oxygen atoms in total. The molecule has 100 valence electrons. The molecule has 0 aliphatic carbocycles. The van der Waals surface area contributed by atoms with Crippen LogP contribution in [-0.2, 0) is 14.4 Å². The topological polar surface area (TPSA) is 125 Å². The van der Waals surface area contributed by atoms with Gasteiger partial charge in [0.25, 0.3) is 5.91 Å². The molecular weight excluding hydrogens is 242 g/mol. The molecule has 18 heavy (non-hydrogen) atoms. The van der Waals surface area contributed by atoms with Gasteiger partial charge >= 0.3 is 12.0 Å². The summed E-state index contributed by atoms with van der Waals surface area (Å²) in [5, 5.41) is 14.9. The van der Waals surface area contributed by atoms with E-state index in [1.54, 1.807) is 6.92 Å². The highest BCUT2D eigenvalue weighted by molar-refractivity contribution is 6.02. The molecule has 8 heteroatoms. The van der Waals surface area contributed by atoms with E-state index in [0.29, 0.717) is 18.7 Å². The number of amides is 4. The Labute approximate surface area is 103 Å². The molecular formula is C10H15N3O5. The third-order valence-electron chi connectivity index (χ3n) is 1.63. The number of carboxylic acids is 1. The summed E-state index contributed by atoms with van der Waals surface area (Å²) in [7, 11) is 0. The fourth-order valence-electron chi connectivity index (χ4n) is 0.920. The smallest absolute Gasteiger partial charge is 0.328 e. The Morgan fingerprint density at radius 1 is 1.11 bits per heavy atom. The van der Waals surface area contributed by atoms with Crippen LogP contribution < -0.4 is 16.0 Å². The molecule has 4 N–H and O–H groups in total. The second-order valence-electron chi connectivity index (χ2n) is 3.12. The molecule has 0 saturated heterocycles. The quantitative estimate of drug-likeness (QED) is 0.453. The summed E-state index contributed by atoms with van der Waals surface area (Å²) >= 11 is 0. The van der Waals surface area contributed by atoms with Gasteiger partial charge in [0, 0.05) is 31.7 Å². The summed E-state index contributed by atoms with van der Waals surface area (Å²) in [6.45, 7) is 2.35. The van der Waals surface area contributed by atoms with Crippen molar-refractivity contribution in [3.05, 3.63) is 12.2 Å². The van der Waals surface area contributed by atoms with Gasteiger partial charge in [-0.1, -0.05) is 0 Å². The zero-order chi connectivity index (χ0) is 14.0. The average Bonchev–Trinajstić information content (AvgIpc) is 2.26. The van der Waals surface area contributed by atoms with E-state index in [0.717, 1.165) is 0 Å². The highest BCUT2D eigenvalue weighted by Crippen LogP contribution is 1.79. The molecule has 0 rings (SSSR count). The lowest BCUT2D eigenvalue weighted by Crippen LogP contribution is -2.40. The molecule has 0 aliphatic heterocycles. The maximum Gasteiger partial charge on any atom is 0.328 e. The molecule has 0 aliphatic rings. The third-order valence-corrected chi connectivity index (χ3v) is 1.63. The van der Waals surface area contributed by atoms with Gasteiger partial charge in [0.2, 0.25) is 5.91 Å². The summed E-state index contributed by atoms with van der Waals surface area (Å²) < 4.78 is 0. The Balaban J connectivity index is 3.81. The van der Waals surface area contributed by atoms with E-state index in [4.69, 9.17) is 5.11 Å². The van der Waals surface area contributed by atoms with Gasteiger partial charge in [-0.05, 0) is 6.92 Å². The van der Waals surface area contributed by atoms with Crippen LogP contribution in [0.5, 0.6) is 0 Å². The van der Waals surface area contributed by atoms with E-state index < -0.39 is 17.9 Å². The van der Waals surface area contributed by atoms with Gasteiger partial charge in [-0.25, -0.2) is 9.59 Å². The van der Waals surface area contributed by atoms with Crippen molar-refractivity contribution >= 4 is 23.8 Å². The van der Waals surface area contributed by atoms with Crippen LogP contribution in [-0.4, -0.2) is 42.0 Å². The van der Waals surface area contributed by atoms with Crippen LogP contribution in [0.3, 0.4) is 0 Å². The molecule has 0 radical (unpaired) electrons. The molecule has 0 atom stereocenters. The number of urea groups is 1. The maximum atomic E-state index is 11.1. The standard InChI is InChI=1S/C10H15N3O5/c1-2-11-7(14)5-6-12-10(18)13-8(15)3-4-9(16)17/h3-4H,2,5-6H2,1H3,(H,11,14)(H,16,17)(H2,12,13,15,18)/b4-3+. The van der Waals surface area contributed by atoms with Crippen LogP contribution >= 0.6 is 0 Å². The number of carbonyl (C=O) groups is 4. The Kier molecular flexibility index (Phi) is 7.58. The van der Waals surface area contributed by atoms with Crippen LogP contribution in [0.25, 0.3) is 0 Å². The first-order chi connectivity index (χ1) is 8.45. The lowest BCUT2D eigenvalue weighted by atomic mass is 10.4. The fraction of sp³-hybridized carbons (Fsp3) is 0.400. The second-order valence-corrected chi connectivity index (χ2v) is 3.12. The maximum absolute atomic E-state index is 11.1. The highest BCUT2D eigenvalue weighted by Gasteiger charge is 2.05. The van der Waals surface area contributed by atoms with Crippen molar-refractivity contribution in [1.29, 1.82) is 0 Å². The summed E-state index contributed by atoms with van der Waals surface area (Å²) in [5.74, 6) is -2.36. The third kappa shape index (κ3) is 8.89. The number of rotatable bonds is 6. The van der Waals surface area contributed by atoms with Crippen LogP contribution in [0.1, 0.15) is 13.3 Å². The number of hydrogen-bond acceptors (Lipinski definition) is 4. The van der Waals surface area contributed by atoms with Crippen molar-refractivity contribution in [3.8, 4) is 0 Å². The Morgan fingerprint density at radius 3 is 2.33 bits per heavy atom. The monoisotopic (exact) mass is 257 g/mol. The SMILES string of the molecule is CCNC(=O)CCNC(=O)NC(=O)/C=C/C(=O)O. The molecule has 0 spiro atoms. The first-order valence-electron chi connectivity index (χ1n) is 5.22. The minimum absolute atomic E-state index is 0.0770. The van der Waals surface area contributed by atoms with Crippen molar-refractivity contribution in [2.75, 3.05) is 13.1 Å². The van der Waals surface area contributed by atoms with E-state index in [9.17, 15) is 19.2 Å². The van der Waals surface area contributed by atoms with Crippen molar-refractivity contribution in [2.24, 2.45) is 0 Å². The molecule has 0 heterocycles. The molecule has 0 aromatic heterocycles. The van der Waals surface area contributed by atoms with Crippen LogP contribution in [0.15, 0.2) is 12.2 Å². The molecule has 0 bridgehead atoms. The number of imide groups is 1. The van der Waals surface area contributed by atoms with Crippen LogP contribution in [0, 0.1) is 0 Å². The van der Waals surface area contributed by atoms with E-state index >= 15 is 0 Å². The van der Waals surface area contributed by atoms with Crippen molar-refractivity contribution in [2.45, 2.75) is 13.3 Å². The van der Waals surface area contributed by atoms with E-state index in [1.807, 2.05) is 5.32 Å². The molecule has 0 aromatic carbocycles. The van der Waals surface area contributed by atoms with Gasteiger partial charge in [0.05, 0.1) is 0 Å². The largest absolute Gasteiger partial charge is 0.478 e. The molecule has 4 amide bonds. The van der Waals surface area contributed by atoms with Gasteiger partial charge in [-0.3, -0.25) is 14.9 Å². The van der Waals surface area contributed by atoms with Crippen molar-refractivity contribution in [3.63, 3.8) is 0 Å². The minimum Gasteiger partial charge on any atom is -0.478 e. The fourth-order valence-corrected chi connectivity index (χ4v) is 0.920. The Morgan fingerprint density at radius 2 is 1.78 bits per heavy atom. The summed E-state index contributed by atoms with van der Waals surface area (Å²) in [5.41, 5.74) is 0. The highest BCUT2D eigenvalue weighted by atomic mass is 16.4. The average molecular weight is 257 g/mol. The number of carbonyl (C=O) groups excluding carboxylic acids is 3. The minimum atomic E-state index is -1.29. The number of nitrogens with one attached hydrogen (secondary N) is 3. The van der Waals surface area contributed by atoms with Crippen LogP contribution in [0.2, 0.25) is 0 Å².